The first-order valence-corrected chi connectivity index (χ1v) is 9.89. The molecule has 1 spiro atoms. The number of aliphatic carboxylic acids is 1. The first-order chi connectivity index (χ1) is 15.0. The highest BCUT2D eigenvalue weighted by molar-refractivity contribution is 5.96. The number of carboxylic acid groups (broad SMARTS) is 1. The van der Waals surface area contributed by atoms with Crippen LogP contribution in [0.25, 0.3) is 0 Å². The summed E-state index contributed by atoms with van der Waals surface area (Å²) in [6, 6.07) is 11.3. The number of nitrogens with zero attached hydrogens (tertiary/aromatic N) is 2. The molecule has 2 amide bonds. The van der Waals surface area contributed by atoms with Gasteiger partial charge in [-0.15, -0.1) is 0 Å². The number of hydrogen-bond acceptors (Lipinski definition) is 4. The van der Waals surface area contributed by atoms with Gasteiger partial charge in [-0.1, -0.05) is 17.7 Å². The van der Waals surface area contributed by atoms with Gasteiger partial charge in [-0.05, 0) is 44.0 Å². The fraction of sp³-hybridized carbons (Fsp3) is 0.364. The number of anilines is 1. The first kappa shape index (κ1) is 23.2. The lowest BCUT2D eigenvalue weighted by Crippen LogP contribution is -2.30. The number of rotatable bonds is 3. The number of carbonyl (C=O) groups excluding carboxylic acids is 2. The number of amides is 2. The molecule has 2 N–H and O–H groups in total. The van der Waals surface area contributed by atoms with Crippen LogP contribution in [0.15, 0.2) is 48.8 Å². The number of benzene rings is 1. The minimum absolute atomic E-state index is 0.0106. The Morgan fingerprint density at radius 3 is 2.41 bits per heavy atom. The molecule has 2 atom stereocenters. The molecule has 2 heterocycles. The first-order valence-electron chi connectivity index (χ1n) is 9.89. The number of carbonyl (C=O) groups is 3. The van der Waals surface area contributed by atoms with E-state index in [1.54, 1.807) is 18.5 Å². The van der Waals surface area contributed by atoms with Crippen LogP contribution < -0.4 is 5.32 Å². The molecule has 170 valence electrons. The third-order valence-corrected chi connectivity index (χ3v) is 5.65. The Morgan fingerprint density at radius 1 is 1.19 bits per heavy atom. The molecule has 1 aliphatic heterocycles. The van der Waals surface area contributed by atoms with Gasteiger partial charge in [0.2, 0.25) is 5.91 Å². The van der Waals surface area contributed by atoms with Crippen LogP contribution >= 0.6 is 0 Å². The lowest BCUT2D eigenvalue weighted by Gasteiger charge is -2.17. The zero-order valence-electron chi connectivity index (χ0n) is 17.2. The van der Waals surface area contributed by atoms with E-state index in [9.17, 15) is 22.8 Å². The second-order valence-electron chi connectivity index (χ2n) is 8.00. The number of likely N-dealkylation sites (tertiary alicyclic amines) is 1. The van der Waals surface area contributed by atoms with Gasteiger partial charge in [0.25, 0.3) is 5.91 Å². The maximum atomic E-state index is 12.7. The summed E-state index contributed by atoms with van der Waals surface area (Å²) < 4.78 is 31.7. The number of alkyl halides is 3. The fourth-order valence-corrected chi connectivity index (χ4v) is 3.78. The molecule has 2 aliphatic rings. The van der Waals surface area contributed by atoms with E-state index in [4.69, 9.17) is 9.90 Å². The van der Waals surface area contributed by atoms with Crippen molar-refractivity contribution in [1.82, 2.24) is 9.88 Å². The number of aromatic nitrogens is 1. The maximum Gasteiger partial charge on any atom is 0.490 e. The average molecular weight is 449 g/mol. The molecule has 0 bridgehead atoms. The average Bonchev–Trinajstić information content (AvgIpc) is 3.28. The van der Waals surface area contributed by atoms with E-state index in [2.05, 4.69) is 10.3 Å². The predicted molar refractivity (Wildman–Crippen MR) is 109 cm³/mol. The van der Waals surface area contributed by atoms with Crippen molar-refractivity contribution in [3.63, 3.8) is 0 Å². The van der Waals surface area contributed by atoms with E-state index in [0.717, 1.165) is 36.2 Å². The van der Waals surface area contributed by atoms with Gasteiger partial charge in [-0.2, -0.15) is 13.2 Å². The van der Waals surface area contributed by atoms with Crippen LogP contribution in [0.3, 0.4) is 0 Å². The van der Waals surface area contributed by atoms with Gasteiger partial charge in [0.05, 0.1) is 11.9 Å². The molecule has 1 aliphatic carbocycles. The fourth-order valence-electron chi connectivity index (χ4n) is 3.78. The van der Waals surface area contributed by atoms with E-state index in [0.29, 0.717) is 6.54 Å². The van der Waals surface area contributed by atoms with Crippen molar-refractivity contribution in [3.8, 4) is 0 Å². The molecule has 2 aromatic rings. The van der Waals surface area contributed by atoms with Gasteiger partial charge >= 0.3 is 12.1 Å². The number of aryl methyl sites for hydroxylation is 1. The molecule has 2 unspecified atom stereocenters. The summed E-state index contributed by atoms with van der Waals surface area (Å²) in [7, 11) is 0. The number of carboxylic acids is 1. The highest BCUT2D eigenvalue weighted by atomic mass is 19.4. The van der Waals surface area contributed by atoms with E-state index < -0.39 is 12.1 Å². The minimum atomic E-state index is -5.08. The SMILES string of the molecule is Cc1ccc(C(=O)N2CCC3(CC3C(=O)Nc3cccnc3)C2)cc1.O=C(O)C(F)(F)F. The summed E-state index contributed by atoms with van der Waals surface area (Å²) in [6.45, 7) is 3.41. The zero-order chi connectivity index (χ0) is 23.5. The molecule has 2 fully saturated rings. The van der Waals surface area contributed by atoms with Gasteiger partial charge in [0.15, 0.2) is 0 Å². The van der Waals surface area contributed by atoms with E-state index in [-0.39, 0.29) is 23.1 Å². The molecular weight excluding hydrogens is 427 g/mol. The molecular formula is C22H22F3N3O4. The summed E-state index contributed by atoms with van der Waals surface area (Å²) in [6.07, 6.45) is 0.00112. The largest absolute Gasteiger partial charge is 0.490 e. The number of nitrogens with one attached hydrogen (secondary N) is 1. The normalized spacial score (nSPS) is 21.5. The Morgan fingerprint density at radius 2 is 1.84 bits per heavy atom. The number of pyridine rings is 1. The lowest BCUT2D eigenvalue weighted by molar-refractivity contribution is -0.192. The summed E-state index contributed by atoms with van der Waals surface area (Å²) in [5.41, 5.74) is 2.55. The summed E-state index contributed by atoms with van der Waals surface area (Å²) in [5.74, 6) is -2.66. The topological polar surface area (TPSA) is 99.6 Å². The van der Waals surface area contributed by atoms with Crippen LogP contribution in [0.1, 0.15) is 28.8 Å². The second kappa shape index (κ2) is 8.97. The van der Waals surface area contributed by atoms with Gasteiger partial charge < -0.3 is 15.3 Å². The van der Waals surface area contributed by atoms with Gasteiger partial charge in [0, 0.05) is 36.2 Å². The van der Waals surface area contributed by atoms with E-state index >= 15 is 0 Å². The summed E-state index contributed by atoms with van der Waals surface area (Å²) in [5, 5.41) is 10.1. The predicted octanol–water partition coefficient (Wildman–Crippen LogP) is 3.51. The van der Waals surface area contributed by atoms with Crippen molar-refractivity contribution in [3.05, 3.63) is 59.9 Å². The van der Waals surface area contributed by atoms with Crippen LogP contribution in [0.5, 0.6) is 0 Å². The van der Waals surface area contributed by atoms with Crippen LogP contribution in [0.4, 0.5) is 18.9 Å². The zero-order valence-corrected chi connectivity index (χ0v) is 17.2. The Labute approximate surface area is 182 Å². The maximum absolute atomic E-state index is 12.7. The van der Waals surface area contributed by atoms with Crippen molar-refractivity contribution in [2.24, 2.45) is 11.3 Å². The van der Waals surface area contributed by atoms with Crippen LogP contribution in [-0.4, -0.2) is 52.0 Å². The third-order valence-electron chi connectivity index (χ3n) is 5.65. The monoisotopic (exact) mass is 449 g/mol. The van der Waals surface area contributed by atoms with Gasteiger partial charge in [-0.25, -0.2) is 4.79 Å². The molecule has 32 heavy (non-hydrogen) atoms. The van der Waals surface area contributed by atoms with Gasteiger partial charge in [-0.3, -0.25) is 14.6 Å². The van der Waals surface area contributed by atoms with Gasteiger partial charge in [0.1, 0.15) is 0 Å². The van der Waals surface area contributed by atoms with E-state index in [1.165, 1.54) is 0 Å². The standard InChI is InChI=1S/C20H21N3O2.C2HF3O2/c1-14-4-6-15(7-5-14)19(25)23-10-8-20(13-23)11-17(20)18(24)22-16-3-2-9-21-12-16;3-2(4,5)1(6)7/h2-7,9,12,17H,8,10-11,13H2,1H3,(H,22,24);(H,6,7). The Hall–Kier alpha value is -3.43. The summed E-state index contributed by atoms with van der Waals surface area (Å²) >= 11 is 0. The molecule has 1 saturated carbocycles. The Balaban J connectivity index is 0.000000360. The molecule has 7 nitrogen and oxygen atoms in total. The number of hydrogen-bond donors (Lipinski definition) is 2. The second-order valence-corrected chi connectivity index (χ2v) is 8.00. The smallest absolute Gasteiger partial charge is 0.475 e. The molecule has 0 radical (unpaired) electrons. The van der Waals surface area contributed by atoms with Crippen LogP contribution in [-0.2, 0) is 9.59 Å². The molecule has 4 rings (SSSR count). The molecule has 1 aromatic heterocycles. The minimum Gasteiger partial charge on any atom is -0.475 e. The molecule has 1 aromatic carbocycles. The van der Waals surface area contributed by atoms with Crippen molar-refractivity contribution in [2.45, 2.75) is 25.9 Å². The Bertz CT molecular complexity index is 996. The highest BCUT2D eigenvalue weighted by Gasteiger charge is 2.61. The van der Waals surface area contributed by atoms with Crippen LogP contribution in [0, 0.1) is 18.3 Å². The molecule has 10 heteroatoms. The molecule has 1 saturated heterocycles. The number of halogens is 3. The highest BCUT2D eigenvalue weighted by Crippen LogP contribution is 2.58. The Kier molecular flexibility index (Phi) is 6.52. The van der Waals surface area contributed by atoms with Crippen molar-refractivity contribution in [2.75, 3.05) is 18.4 Å². The third kappa shape index (κ3) is 5.43. The van der Waals surface area contributed by atoms with Crippen LogP contribution in [0.2, 0.25) is 0 Å². The van der Waals surface area contributed by atoms with E-state index in [1.807, 2.05) is 42.2 Å². The van der Waals surface area contributed by atoms with Crippen molar-refractivity contribution >= 4 is 23.5 Å². The summed E-state index contributed by atoms with van der Waals surface area (Å²) in [4.78, 5) is 39.9. The van der Waals surface area contributed by atoms with Crippen molar-refractivity contribution < 1.29 is 32.7 Å². The van der Waals surface area contributed by atoms with Crippen molar-refractivity contribution in [1.29, 1.82) is 0 Å². The lowest BCUT2D eigenvalue weighted by atomic mass is 10.0. The quantitative estimate of drug-likeness (QED) is 0.747.